The summed E-state index contributed by atoms with van der Waals surface area (Å²) in [7, 11) is 1.63. The molecule has 2 fully saturated rings. The van der Waals surface area contributed by atoms with E-state index < -0.39 is 17.1 Å². The Balaban J connectivity index is 1.40. The van der Waals surface area contributed by atoms with E-state index in [1.165, 1.54) is 5.56 Å². The molecule has 1 N–H and O–H groups in total. The van der Waals surface area contributed by atoms with Gasteiger partial charge in [0.1, 0.15) is 0 Å². The number of hydrogen-bond acceptors (Lipinski definition) is 5. The number of rotatable bonds is 4. The summed E-state index contributed by atoms with van der Waals surface area (Å²) in [5.41, 5.74) is 3.06. The van der Waals surface area contributed by atoms with Gasteiger partial charge in [0, 0.05) is 36.7 Å². The number of Topliss-reactive ketones (excluding diaryl/α,β-unsaturated/α-hetero) is 1. The first-order valence-electron chi connectivity index (χ1n) is 12.7. The number of aliphatic hydroxyl groups is 1. The standard InChI is InChI=1S/C31H29NO4/c1-35-24-13-12-22-17-25-31(34)18-23(16-20-8-4-2-5-9-20)27(33)29-30(31,26(22)28(24)36-29)14-15-32(25)19-21-10-6-3-7-11-21/h2-13,16,25,29,34H,14-15,17-19H2,1H3/b23-16+/t25-,29+,30+,31-/m1/s1. The molecule has 5 nitrogen and oxygen atoms in total. The third kappa shape index (κ3) is 2.81. The average molecular weight is 480 g/mol. The lowest BCUT2D eigenvalue weighted by atomic mass is 9.48. The molecule has 3 aromatic rings. The van der Waals surface area contributed by atoms with E-state index >= 15 is 0 Å². The zero-order chi connectivity index (χ0) is 24.5. The molecule has 5 heteroatoms. The maximum absolute atomic E-state index is 14.0. The molecule has 2 aliphatic carbocycles. The number of ether oxygens (including phenoxy) is 2. The Labute approximate surface area is 211 Å². The van der Waals surface area contributed by atoms with Crippen molar-refractivity contribution in [1.29, 1.82) is 0 Å². The zero-order valence-corrected chi connectivity index (χ0v) is 20.3. The van der Waals surface area contributed by atoms with Crippen molar-refractivity contribution in [3.63, 3.8) is 0 Å². The maximum atomic E-state index is 14.0. The van der Waals surface area contributed by atoms with Crippen LogP contribution in [-0.4, -0.2) is 47.2 Å². The van der Waals surface area contributed by atoms with Crippen molar-refractivity contribution in [2.24, 2.45) is 0 Å². The number of carbonyl (C=O) groups is 1. The lowest BCUT2D eigenvalue weighted by Gasteiger charge is -2.62. The van der Waals surface area contributed by atoms with E-state index in [2.05, 4.69) is 35.2 Å². The van der Waals surface area contributed by atoms with Gasteiger partial charge in [-0.3, -0.25) is 9.69 Å². The molecular weight excluding hydrogens is 450 g/mol. The summed E-state index contributed by atoms with van der Waals surface area (Å²) < 4.78 is 12.2. The van der Waals surface area contributed by atoms with Crippen LogP contribution in [0.2, 0.25) is 0 Å². The van der Waals surface area contributed by atoms with Crippen LogP contribution in [0.15, 0.2) is 78.4 Å². The highest BCUT2D eigenvalue weighted by atomic mass is 16.5. The molecule has 0 aromatic heterocycles. The Hall–Kier alpha value is -3.41. The number of piperidine rings is 1. The van der Waals surface area contributed by atoms with Gasteiger partial charge < -0.3 is 14.6 Å². The molecular formula is C31H29NO4. The minimum atomic E-state index is -1.14. The van der Waals surface area contributed by atoms with Crippen LogP contribution in [-0.2, 0) is 23.2 Å². The fourth-order valence-corrected chi connectivity index (χ4v) is 7.37. The minimum absolute atomic E-state index is 0.0232. The molecule has 182 valence electrons. The van der Waals surface area contributed by atoms with Gasteiger partial charge in [-0.25, -0.2) is 0 Å². The van der Waals surface area contributed by atoms with Gasteiger partial charge in [0.05, 0.1) is 18.1 Å². The van der Waals surface area contributed by atoms with Gasteiger partial charge in [0.25, 0.3) is 0 Å². The number of benzene rings is 3. The number of likely N-dealkylation sites (tertiary alicyclic amines) is 1. The third-order valence-corrected chi connectivity index (χ3v) is 8.91. The number of nitrogens with zero attached hydrogens (tertiary/aromatic N) is 1. The lowest BCUT2D eigenvalue weighted by molar-refractivity contribution is -0.180. The van der Waals surface area contributed by atoms with Crippen LogP contribution in [0.3, 0.4) is 0 Å². The fourth-order valence-electron chi connectivity index (χ4n) is 7.37. The van der Waals surface area contributed by atoms with Crippen molar-refractivity contribution >= 4 is 11.9 Å². The van der Waals surface area contributed by atoms with Crippen molar-refractivity contribution in [2.75, 3.05) is 13.7 Å². The van der Waals surface area contributed by atoms with Crippen LogP contribution in [0.1, 0.15) is 35.1 Å². The Morgan fingerprint density at radius 2 is 1.83 bits per heavy atom. The number of methoxy groups -OCH3 is 1. The molecule has 0 radical (unpaired) electrons. The second-order valence-corrected chi connectivity index (χ2v) is 10.6. The second-order valence-electron chi connectivity index (χ2n) is 10.6. The van der Waals surface area contributed by atoms with E-state index in [1.54, 1.807) is 7.11 Å². The van der Waals surface area contributed by atoms with Crippen LogP contribution < -0.4 is 9.47 Å². The van der Waals surface area contributed by atoms with E-state index in [0.29, 0.717) is 36.3 Å². The Morgan fingerprint density at radius 1 is 1.08 bits per heavy atom. The summed E-state index contributed by atoms with van der Waals surface area (Å²) in [4.78, 5) is 16.4. The SMILES string of the molecule is COc1ccc2c3c1O[C@H]1C(=O)/C(=C/c4ccccc4)C[C@@]4(O)[C@@H](C2)N(Cc2ccccc2)CC[C@]314. The Bertz CT molecular complexity index is 1380. The van der Waals surface area contributed by atoms with Gasteiger partial charge in [0.2, 0.25) is 0 Å². The molecule has 1 spiro atoms. The molecule has 1 saturated heterocycles. The molecule has 4 aliphatic rings. The van der Waals surface area contributed by atoms with Gasteiger partial charge in [-0.2, -0.15) is 0 Å². The molecule has 3 aromatic carbocycles. The molecule has 2 heterocycles. The monoisotopic (exact) mass is 479 g/mol. The predicted molar refractivity (Wildman–Crippen MR) is 137 cm³/mol. The summed E-state index contributed by atoms with van der Waals surface area (Å²) >= 11 is 0. The van der Waals surface area contributed by atoms with Gasteiger partial charge in [0.15, 0.2) is 23.4 Å². The Morgan fingerprint density at radius 3 is 2.58 bits per heavy atom. The summed E-state index contributed by atoms with van der Waals surface area (Å²) in [6, 6.07) is 24.2. The summed E-state index contributed by atoms with van der Waals surface area (Å²) in [5.74, 6) is 1.25. The van der Waals surface area contributed by atoms with Crippen LogP contribution >= 0.6 is 0 Å². The van der Waals surface area contributed by atoms with Crippen LogP contribution in [0.5, 0.6) is 11.5 Å². The minimum Gasteiger partial charge on any atom is -0.493 e. The van der Waals surface area contributed by atoms with Crippen molar-refractivity contribution in [3.8, 4) is 11.5 Å². The predicted octanol–water partition coefficient (Wildman–Crippen LogP) is 4.31. The first-order chi connectivity index (χ1) is 17.5. The Kier molecular flexibility index (Phi) is 4.73. The van der Waals surface area contributed by atoms with Crippen LogP contribution in [0.25, 0.3) is 6.08 Å². The molecule has 2 bridgehead atoms. The van der Waals surface area contributed by atoms with Crippen molar-refractivity contribution in [1.82, 2.24) is 4.90 Å². The molecule has 1 saturated carbocycles. The van der Waals surface area contributed by atoms with E-state index in [0.717, 1.165) is 29.8 Å². The van der Waals surface area contributed by atoms with Gasteiger partial charge in [-0.05, 0) is 41.7 Å². The zero-order valence-electron chi connectivity index (χ0n) is 20.3. The molecule has 2 aliphatic heterocycles. The highest BCUT2D eigenvalue weighted by Crippen LogP contribution is 2.65. The topological polar surface area (TPSA) is 59.0 Å². The van der Waals surface area contributed by atoms with E-state index in [4.69, 9.17) is 9.47 Å². The smallest absolute Gasteiger partial charge is 0.200 e. The van der Waals surface area contributed by atoms with E-state index in [9.17, 15) is 9.90 Å². The van der Waals surface area contributed by atoms with Gasteiger partial charge >= 0.3 is 0 Å². The van der Waals surface area contributed by atoms with Crippen molar-refractivity contribution < 1.29 is 19.4 Å². The van der Waals surface area contributed by atoms with Crippen LogP contribution in [0.4, 0.5) is 0 Å². The quantitative estimate of drug-likeness (QED) is 0.565. The molecule has 0 amide bonds. The molecule has 4 atom stereocenters. The highest BCUT2D eigenvalue weighted by Gasteiger charge is 2.74. The summed E-state index contributed by atoms with van der Waals surface area (Å²) in [6.07, 6.45) is 2.86. The number of ketones is 1. The van der Waals surface area contributed by atoms with Crippen molar-refractivity contribution in [3.05, 3.63) is 101 Å². The number of hydrogen-bond donors (Lipinski definition) is 1. The fraction of sp³-hybridized carbons (Fsp3) is 0.323. The lowest BCUT2D eigenvalue weighted by Crippen LogP contribution is -2.76. The molecule has 7 rings (SSSR count). The van der Waals surface area contributed by atoms with Crippen molar-refractivity contribution in [2.45, 2.75) is 49.0 Å². The van der Waals surface area contributed by atoms with E-state index in [1.807, 2.05) is 48.5 Å². The summed E-state index contributed by atoms with van der Waals surface area (Å²) in [6.45, 7) is 1.56. The second kappa shape index (κ2) is 7.79. The maximum Gasteiger partial charge on any atom is 0.200 e. The summed E-state index contributed by atoms with van der Waals surface area (Å²) in [5, 5.41) is 12.8. The third-order valence-electron chi connectivity index (χ3n) is 8.91. The molecule has 0 unspecified atom stereocenters. The van der Waals surface area contributed by atoms with E-state index in [-0.39, 0.29) is 11.8 Å². The van der Waals surface area contributed by atoms with Gasteiger partial charge in [-0.15, -0.1) is 0 Å². The first-order valence-corrected chi connectivity index (χ1v) is 12.7. The molecule has 36 heavy (non-hydrogen) atoms. The number of carbonyl (C=O) groups excluding carboxylic acids is 1. The average Bonchev–Trinajstić information content (AvgIpc) is 3.25. The highest BCUT2D eigenvalue weighted by molar-refractivity contribution is 6.06. The first kappa shape index (κ1) is 21.8. The van der Waals surface area contributed by atoms with Crippen LogP contribution in [0, 0.1) is 0 Å². The largest absolute Gasteiger partial charge is 0.493 e. The normalized spacial score (nSPS) is 31.2. The van der Waals surface area contributed by atoms with Gasteiger partial charge in [-0.1, -0.05) is 66.7 Å².